The van der Waals surface area contributed by atoms with E-state index in [0.717, 1.165) is 39.3 Å². The molecule has 0 unspecified atom stereocenters. The number of carbonyl (C=O) groups excluding carboxylic acids is 2. The van der Waals surface area contributed by atoms with Crippen molar-refractivity contribution in [3.8, 4) is 0 Å². The molecule has 0 saturated heterocycles. The minimum absolute atomic E-state index is 0.199. The molecule has 136 valence electrons. The van der Waals surface area contributed by atoms with Crippen LogP contribution in [0, 0.1) is 3.57 Å². The Hall–Kier alpha value is -1.99. The van der Waals surface area contributed by atoms with Gasteiger partial charge in [-0.15, -0.1) is 0 Å². The zero-order valence-electron chi connectivity index (χ0n) is 14.4. The average Bonchev–Trinajstić information content (AvgIpc) is 2.90. The van der Waals surface area contributed by atoms with Crippen LogP contribution in [0.3, 0.4) is 0 Å². The minimum Gasteiger partial charge on any atom is -0.274 e. The lowest BCUT2D eigenvalue weighted by atomic mass is 10.1. The molecule has 3 aromatic rings. The molecule has 1 aliphatic rings. The summed E-state index contributed by atoms with van der Waals surface area (Å²) in [4.78, 5) is 30.6. The first-order valence-electron chi connectivity index (χ1n) is 8.74. The number of aromatic nitrogens is 1. The van der Waals surface area contributed by atoms with Crippen LogP contribution < -0.4 is 0 Å². The first-order chi connectivity index (χ1) is 13.0. The molecule has 0 N–H and O–H groups in total. The van der Waals surface area contributed by atoms with Crippen LogP contribution in [-0.4, -0.2) is 28.2 Å². The highest BCUT2D eigenvalue weighted by atomic mass is 127. The standard InChI is InChI=1S/C21H16ClIN2O2/c22-19-14(11-13-8-9-15(23)12-18(13)24-19)5-3-4-10-25-20(26)16-6-1-2-7-17(16)21(25)27/h1-2,6-9,11-12H,3-5,10H2. The average molecular weight is 491 g/mol. The van der Waals surface area contributed by atoms with Gasteiger partial charge in [0.05, 0.1) is 16.6 Å². The topological polar surface area (TPSA) is 50.3 Å². The van der Waals surface area contributed by atoms with Crippen molar-refractivity contribution in [2.75, 3.05) is 6.54 Å². The molecule has 0 radical (unpaired) electrons. The number of pyridine rings is 1. The van der Waals surface area contributed by atoms with Gasteiger partial charge in [0.15, 0.2) is 0 Å². The molecule has 1 aromatic heterocycles. The third-order valence-electron chi connectivity index (χ3n) is 4.76. The van der Waals surface area contributed by atoms with Crippen molar-refractivity contribution in [1.29, 1.82) is 0 Å². The van der Waals surface area contributed by atoms with Crippen molar-refractivity contribution in [2.45, 2.75) is 19.3 Å². The Labute approximate surface area is 175 Å². The summed E-state index contributed by atoms with van der Waals surface area (Å²) in [6.45, 7) is 0.420. The van der Waals surface area contributed by atoms with Crippen molar-refractivity contribution in [2.24, 2.45) is 0 Å². The molecule has 0 atom stereocenters. The lowest BCUT2D eigenvalue weighted by molar-refractivity contribution is 0.0652. The van der Waals surface area contributed by atoms with E-state index in [4.69, 9.17) is 11.6 Å². The molecule has 2 amide bonds. The Morgan fingerprint density at radius 1 is 0.963 bits per heavy atom. The largest absolute Gasteiger partial charge is 0.274 e. The van der Waals surface area contributed by atoms with Gasteiger partial charge in [0.2, 0.25) is 0 Å². The number of carbonyl (C=O) groups is 2. The summed E-state index contributed by atoms with van der Waals surface area (Å²) >= 11 is 8.59. The second kappa shape index (κ2) is 7.56. The molecule has 0 spiro atoms. The zero-order valence-corrected chi connectivity index (χ0v) is 17.3. The van der Waals surface area contributed by atoms with Gasteiger partial charge in [0, 0.05) is 15.5 Å². The maximum absolute atomic E-state index is 12.4. The van der Waals surface area contributed by atoms with E-state index in [1.54, 1.807) is 24.3 Å². The SMILES string of the molecule is O=C1c2ccccc2C(=O)N1CCCCc1cc2ccc(I)cc2nc1Cl. The van der Waals surface area contributed by atoms with E-state index >= 15 is 0 Å². The van der Waals surface area contributed by atoms with E-state index in [2.05, 4.69) is 33.6 Å². The van der Waals surface area contributed by atoms with Crippen LogP contribution in [-0.2, 0) is 6.42 Å². The number of unbranched alkanes of at least 4 members (excludes halogenated alkanes) is 1. The third kappa shape index (κ3) is 3.58. The lowest BCUT2D eigenvalue weighted by Crippen LogP contribution is -2.30. The number of benzene rings is 2. The molecule has 1 aliphatic heterocycles. The van der Waals surface area contributed by atoms with Gasteiger partial charge in [0.25, 0.3) is 11.8 Å². The van der Waals surface area contributed by atoms with Crippen molar-refractivity contribution in [1.82, 2.24) is 9.88 Å². The van der Waals surface area contributed by atoms with Crippen molar-refractivity contribution >= 4 is 56.9 Å². The van der Waals surface area contributed by atoms with E-state index in [9.17, 15) is 9.59 Å². The molecule has 6 heteroatoms. The van der Waals surface area contributed by atoms with Gasteiger partial charge in [-0.3, -0.25) is 14.5 Å². The third-order valence-corrected chi connectivity index (χ3v) is 5.76. The van der Waals surface area contributed by atoms with Crippen LogP contribution in [0.5, 0.6) is 0 Å². The Balaban J connectivity index is 1.39. The molecule has 2 heterocycles. The van der Waals surface area contributed by atoms with Crippen LogP contribution in [0.25, 0.3) is 10.9 Å². The number of rotatable bonds is 5. The summed E-state index contributed by atoms with van der Waals surface area (Å²) in [5.74, 6) is -0.397. The summed E-state index contributed by atoms with van der Waals surface area (Å²) in [5, 5.41) is 1.58. The first-order valence-corrected chi connectivity index (χ1v) is 10.2. The zero-order chi connectivity index (χ0) is 19.0. The summed E-state index contributed by atoms with van der Waals surface area (Å²) in [6.07, 6.45) is 2.31. The highest BCUT2D eigenvalue weighted by Gasteiger charge is 2.34. The van der Waals surface area contributed by atoms with Crippen LogP contribution in [0.4, 0.5) is 0 Å². The molecule has 4 rings (SSSR count). The molecule has 0 aliphatic carbocycles. The van der Waals surface area contributed by atoms with Gasteiger partial charge in [-0.25, -0.2) is 4.98 Å². The predicted octanol–water partition coefficient (Wildman–Crippen LogP) is 5.11. The molecule has 27 heavy (non-hydrogen) atoms. The molecule has 0 bridgehead atoms. The first kappa shape index (κ1) is 18.4. The van der Waals surface area contributed by atoms with Crippen LogP contribution in [0.15, 0.2) is 48.5 Å². The number of hydrogen-bond donors (Lipinski definition) is 0. The summed E-state index contributed by atoms with van der Waals surface area (Å²) in [7, 11) is 0. The van der Waals surface area contributed by atoms with Gasteiger partial charge in [-0.2, -0.15) is 0 Å². The highest BCUT2D eigenvalue weighted by molar-refractivity contribution is 14.1. The molecule has 4 nitrogen and oxygen atoms in total. The Bertz CT molecular complexity index is 1030. The number of halogens is 2. The van der Waals surface area contributed by atoms with Crippen molar-refractivity contribution in [3.05, 3.63) is 73.9 Å². The van der Waals surface area contributed by atoms with Gasteiger partial charge < -0.3 is 0 Å². The second-order valence-electron chi connectivity index (χ2n) is 6.54. The summed E-state index contributed by atoms with van der Waals surface area (Å²) in [6, 6.07) is 15.1. The number of aryl methyl sites for hydroxylation is 1. The minimum atomic E-state index is -0.199. The van der Waals surface area contributed by atoms with Gasteiger partial charge >= 0.3 is 0 Å². The number of nitrogens with zero attached hydrogens (tertiary/aromatic N) is 2. The molecule has 2 aromatic carbocycles. The summed E-state index contributed by atoms with van der Waals surface area (Å²) in [5.41, 5.74) is 2.88. The van der Waals surface area contributed by atoms with Crippen molar-refractivity contribution in [3.63, 3.8) is 0 Å². The van der Waals surface area contributed by atoms with E-state index in [1.165, 1.54) is 4.90 Å². The fourth-order valence-corrected chi connectivity index (χ4v) is 4.08. The Morgan fingerprint density at radius 3 is 2.37 bits per heavy atom. The van der Waals surface area contributed by atoms with Crippen LogP contribution in [0.2, 0.25) is 5.15 Å². The second-order valence-corrected chi connectivity index (χ2v) is 8.14. The van der Waals surface area contributed by atoms with Gasteiger partial charge in [-0.05, 0) is 77.7 Å². The number of amides is 2. The number of hydrogen-bond acceptors (Lipinski definition) is 3. The smallest absolute Gasteiger partial charge is 0.261 e. The van der Waals surface area contributed by atoms with Crippen LogP contribution in [0.1, 0.15) is 39.1 Å². The van der Waals surface area contributed by atoms with Crippen molar-refractivity contribution < 1.29 is 9.59 Å². The number of fused-ring (bicyclic) bond motifs is 2. The Kier molecular flexibility index (Phi) is 5.14. The lowest BCUT2D eigenvalue weighted by Gasteiger charge is -2.13. The van der Waals surface area contributed by atoms with E-state index in [-0.39, 0.29) is 11.8 Å². The predicted molar refractivity (Wildman–Crippen MR) is 114 cm³/mol. The van der Waals surface area contributed by atoms with E-state index < -0.39 is 0 Å². The van der Waals surface area contributed by atoms with Crippen LogP contribution >= 0.6 is 34.2 Å². The maximum Gasteiger partial charge on any atom is 0.261 e. The van der Waals surface area contributed by atoms with E-state index in [0.29, 0.717) is 22.8 Å². The van der Waals surface area contributed by atoms with Gasteiger partial charge in [0.1, 0.15) is 5.15 Å². The Morgan fingerprint density at radius 2 is 1.67 bits per heavy atom. The number of imide groups is 1. The monoisotopic (exact) mass is 490 g/mol. The quantitative estimate of drug-likeness (QED) is 0.216. The fourth-order valence-electron chi connectivity index (χ4n) is 3.36. The highest BCUT2D eigenvalue weighted by Crippen LogP contribution is 2.25. The molecular formula is C21H16ClIN2O2. The molecular weight excluding hydrogens is 475 g/mol. The molecule has 0 fully saturated rings. The normalized spacial score (nSPS) is 13.5. The summed E-state index contributed by atoms with van der Waals surface area (Å²) < 4.78 is 1.12. The maximum atomic E-state index is 12.4. The molecule has 0 saturated carbocycles. The van der Waals surface area contributed by atoms with E-state index in [1.807, 2.05) is 18.2 Å². The fraction of sp³-hybridized carbons (Fsp3) is 0.190. The van der Waals surface area contributed by atoms with Gasteiger partial charge in [-0.1, -0.05) is 29.8 Å².